The highest BCUT2D eigenvalue weighted by Crippen LogP contribution is 2.63. The molecule has 0 radical (unpaired) electrons. The third-order valence-corrected chi connectivity index (χ3v) is 8.41. The van der Waals surface area contributed by atoms with E-state index in [2.05, 4.69) is 20.8 Å². The lowest BCUT2D eigenvalue weighted by molar-refractivity contribution is -0.00875. The standard InChI is InChI=1S/C21H34O/c1-13-4-6-16-17-8-9-21(3)15(12-22)5-7-20(21)19(17)11-14(2)18(16)10-13/h13-15,17,19-20,22H,4-12H2,1-3H3/t13?,14-,15?,17?,19+,20?,21+/m0/s1. The average Bonchev–Trinajstić information content (AvgIpc) is 2.84. The van der Waals surface area contributed by atoms with Crippen molar-refractivity contribution in [2.75, 3.05) is 6.61 Å². The topological polar surface area (TPSA) is 20.2 Å². The van der Waals surface area contributed by atoms with Gasteiger partial charge in [-0.05, 0) is 92.3 Å². The van der Waals surface area contributed by atoms with Crippen LogP contribution in [0.1, 0.15) is 72.1 Å². The van der Waals surface area contributed by atoms with E-state index in [9.17, 15) is 5.11 Å². The Morgan fingerprint density at radius 3 is 2.68 bits per heavy atom. The average molecular weight is 303 g/mol. The highest BCUT2D eigenvalue weighted by Gasteiger charge is 2.55. The number of aliphatic hydroxyl groups is 1. The molecule has 1 N–H and O–H groups in total. The molecule has 4 aliphatic rings. The van der Waals surface area contributed by atoms with Gasteiger partial charge in [-0.3, -0.25) is 0 Å². The van der Waals surface area contributed by atoms with Gasteiger partial charge in [0.1, 0.15) is 0 Å². The van der Waals surface area contributed by atoms with Crippen molar-refractivity contribution in [2.24, 2.45) is 40.9 Å². The minimum Gasteiger partial charge on any atom is -0.396 e. The van der Waals surface area contributed by atoms with Gasteiger partial charge in [0, 0.05) is 6.61 Å². The summed E-state index contributed by atoms with van der Waals surface area (Å²) in [7, 11) is 0. The molecule has 0 saturated heterocycles. The van der Waals surface area contributed by atoms with E-state index in [4.69, 9.17) is 0 Å². The van der Waals surface area contributed by atoms with Crippen LogP contribution in [0.2, 0.25) is 0 Å². The molecule has 0 aromatic rings. The number of hydrogen-bond donors (Lipinski definition) is 1. The van der Waals surface area contributed by atoms with Crippen LogP contribution in [0, 0.1) is 40.9 Å². The van der Waals surface area contributed by atoms with Crippen LogP contribution in [-0.2, 0) is 0 Å². The minimum atomic E-state index is 0.422. The normalized spacial score (nSPS) is 51.3. The molecule has 2 fully saturated rings. The molecule has 0 aliphatic heterocycles. The van der Waals surface area contributed by atoms with Crippen molar-refractivity contribution in [3.8, 4) is 0 Å². The lowest BCUT2D eigenvalue weighted by Gasteiger charge is -2.53. The number of aliphatic hydroxyl groups excluding tert-OH is 1. The molecule has 22 heavy (non-hydrogen) atoms. The molecule has 0 amide bonds. The van der Waals surface area contributed by atoms with Gasteiger partial charge >= 0.3 is 0 Å². The molecule has 0 spiro atoms. The lowest BCUT2D eigenvalue weighted by atomic mass is 9.51. The number of rotatable bonds is 1. The van der Waals surface area contributed by atoms with E-state index in [-0.39, 0.29) is 0 Å². The second kappa shape index (κ2) is 5.36. The molecule has 4 aliphatic carbocycles. The summed E-state index contributed by atoms with van der Waals surface area (Å²) >= 11 is 0. The zero-order chi connectivity index (χ0) is 15.5. The van der Waals surface area contributed by atoms with Gasteiger partial charge in [-0.15, -0.1) is 0 Å². The molecule has 4 unspecified atom stereocenters. The monoisotopic (exact) mass is 302 g/mol. The highest BCUT2D eigenvalue weighted by molar-refractivity contribution is 5.28. The van der Waals surface area contributed by atoms with Crippen LogP contribution < -0.4 is 0 Å². The molecule has 2 saturated carbocycles. The zero-order valence-corrected chi connectivity index (χ0v) is 14.8. The van der Waals surface area contributed by atoms with Crippen molar-refractivity contribution in [1.82, 2.24) is 0 Å². The van der Waals surface area contributed by atoms with Gasteiger partial charge in [0.25, 0.3) is 0 Å². The Balaban J connectivity index is 1.66. The Kier molecular flexibility index (Phi) is 3.72. The fourth-order valence-corrected chi connectivity index (χ4v) is 7.12. The second-order valence-electron chi connectivity index (χ2n) is 9.41. The van der Waals surface area contributed by atoms with E-state index in [0.29, 0.717) is 17.9 Å². The smallest absolute Gasteiger partial charge is 0.0464 e. The van der Waals surface area contributed by atoms with Crippen LogP contribution in [0.4, 0.5) is 0 Å². The van der Waals surface area contributed by atoms with E-state index in [0.717, 1.165) is 29.6 Å². The van der Waals surface area contributed by atoms with Gasteiger partial charge in [0.15, 0.2) is 0 Å². The molecule has 0 heterocycles. The summed E-state index contributed by atoms with van der Waals surface area (Å²) in [6, 6.07) is 0. The second-order valence-corrected chi connectivity index (χ2v) is 9.41. The summed E-state index contributed by atoms with van der Waals surface area (Å²) in [5.74, 6) is 5.05. The Morgan fingerprint density at radius 2 is 1.91 bits per heavy atom. The largest absolute Gasteiger partial charge is 0.396 e. The minimum absolute atomic E-state index is 0.422. The Morgan fingerprint density at radius 1 is 1.09 bits per heavy atom. The SMILES string of the molecule is CC1CCC2=C(C1)[C@@H](C)C[C@@H]1C2CC[C@]2(C)C(CO)CCC12. The van der Waals surface area contributed by atoms with Crippen LogP contribution in [0.5, 0.6) is 0 Å². The van der Waals surface area contributed by atoms with Gasteiger partial charge in [-0.1, -0.05) is 31.9 Å². The maximum atomic E-state index is 9.83. The Bertz CT molecular complexity index is 478. The van der Waals surface area contributed by atoms with Gasteiger partial charge in [-0.25, -0.2) is 0 Å². The van der Waals surface area contributed by atoms with E-state index >= 15 is 0 Å². The molecule has 4 rings (SSSR count). The van der Waals surface area contributed by atoms with Crippen LogP contribution in [0.25, 0.3) is 0 Å². The number of hydrogen-bond acceptors (Lipinski definition) is 1. The number of fused-ring (bicyclic) bond motifs is 4. The van der Waals surface area contributed by atoms with Crippen LogP contribution in [-0.4, -0.2) is 11.7 Å². The fraction of sp³-hybridized carbons (Fsp3) is 0.905. The van der Waals surface area contributed by atoms with Crippen molar-refractivity contribution in [2.45, 2.75) is 72.1 Å². The molecular formula is C21H34O. The van der Waals surface area contributed by atoms with Gasteiger partial charge in [-0.2, -0.15) is 0 Å². The molecule has 0 aromatic carbocycles. The third kappa shape index (κ3) is 2.07. The Labute approximate surface area is 136 Å². The van der Waals surface area contributed by atoms with Crippen molar-refractivity contribution < 1.29 is 5.11 Å². The lowest BCUT2D eigenvalue weighted by Crippen LogP contribution is -2.45. The maximum absolute atomic E-state index is 9.83. The Hall–Kier alpha value is -0.300. The molecular weight excluding hydrogens is 268 g/mol. The van der Waals surface area contributed by atoms with Crippen molar-refractivity contribution in [1.29, 1.82) is 0 Å². The van der Waals surface area contributed by atoms with Crippen LogP contribution >= 0.6 is 0 Å². The van der Waals surface area contributed by atoms with Crippen molar-refractivity contribution in [3.05, 3.63) is 11.1 Å². The molecule has 124 valence electrons. The first-order valence-corrected chi connectivity index (χ1v) is 9.87. The quantitative estimate of drug-likeness (QED) is 0.661. The zero-order valence-electron chi connectivity index (χ0n) is 14.8. The summed E-state index contributed by atoms with van der Waals surface area (Å²) < 4.78 is 0. The van der Waals surface area contributed by atoms with Crippen LogP contribution in [0.3, 0.4) is 0 Å². The van der Waals surface area contributed by atoms with E-state index in [1.54, 1.807) is 0 Å². The first kappa shape index (κ1) is 15.2. The summed E-state index contributed by atoms with van der Waals surface area (Å²) in [6.45, 7) is 7.89. The van der Waals surface area contributed by atoms with Crippen molar-refractivity contribution >= 4 is 0 Å². The van der Waals surface area contributed by atoms with Gasteiger partial charge in [0.05, 0.1) is 0 Å². The summed E-state index contributed by atoms with van der Waals surface area (Å²) in [4.78, 5) is 0. The molecule has 1 nitrogen and oxygen atoms in total. The molecule has 1 heteroatoms. The van der Waals surface area contributed by atoms with Crippen LogP contribution in [0.15, 0.2) is 11.1 Å². The summed E-state index contributed by atoms with van der Waals surface area (Å²) in [6.07, 6.45) is 11.1. The predicted octanol–water partition coefficient (Wildman–Crippen LogP) is 5.19. The van der Waals surface area contributed by atoms with E-state index in [1.165, 1.54) is 51.4 Å². The first-order chi connectivity index (χ1) is 10.5. The maximum Gasteiger partial charge on any atom is 0.0464 e. The summed E-state index contributed by atoms with van der Waals surface area (Å²) in [5.41, 5.74) is 4.23. The highest BCUT2D eigenvalue weighted by atomic mass is 16.3. The van der Waals surface area contributed by atoms with Crippen molar-refractivity contribution in [3.63, 3.8) is 0 Å². The van der Waals surface area contributed by atoms with E-state index < -0.39 is 0 Å². The molecule has 7 atom stereocenters. The van der Waals surface area contributed by atoms with Gasteiger partial charge < -0.3 is 5.11 Å². The fourth-order valence-electron chi connectivity index (χ4n) is 7.12. The summed E-state index contributed by atoms with van der Waals surface area (Å²) in [5, 5.41) is 9.83. The number of allylic oxidation sites excluding steroid dienone is 2. The predicted molar refractivity (Wildman–Crippen MR) is 91.4 cm³/mol. The molecule has 0 aromatic heterocycles. The van der Waals surface area contributed by atoms with E-state index in [1.807, 2.05) is 11.1 Å². The molecule has 0 bridgehead atoms. The third-order valence-electron chi connectivity index (χ3n) is 8.41. The van der Waals surface area contributed by atoms with Gasteiger partial charge in [0.2, 0.25) is 0 Å². The first-order valence-electron chi connectivity index (χ1n) is 9.87.